The van der Waals surface area contributed by atoms with E-state index >= 15 is 0 Å². The van der Waals surface area contributed by atoms with Gasteiger partial charge in [-0.15, -0.1) is 11.8 Å². The van der Waals surface area contributed by atoms with E-state index in [1.54, 1.807) is 11.8 Å². The van der Waals surface area contributed by atoms with E-state index in [0.29, 0.717) is 6.04 Å². The molecule has 1 aromatic heterocycles. The first-order chi connectivity index (χ1) is 9.53. The fourth-order valence-corrected chi connectivity index (χ4v) is 3.68. The summed E-state index contributed by atoms with van der Waals surface area (Å²) >= 11 is 5.27. The van der Waals surface area contributed by atoms with Crippen LogP contribution >= 0.6 is 27.7 Å². The van der Waals surface area contributed by atoms with Crippen molar-refractivity contribution in [3.05, 3.63) is 22.8 Å². The Morgan fingerprint density at radius 2 is 2.25 bits per heavy atom. The maximum Gasteiger partial charge on any atom is 0.110 e. The molecule has 0 aliphatic carbocycles. The summed E-state index contributed by atoms with van der Waals surface area (Å²) in [5, 5.41) is 14.3. The zero-order valence-electron chi connectivity index (χ0n) is 12.5. The van der Waals surface area contributed by atoms with E-state index < -0.39 is 0 Å². The number of rotatable bonds is 9. The van der Waals surface area contributed by atoms with Crippen molar-refractivity contribution < 1.29 is 5.11 Å². The van der Waals surface area contributed by atoms with E-state index in [2.05, 4.69) is 47.0 Å². The minimum atomic E-state index is -0.143. The second kappa shape index (κ2) is 9.03. The Labute approximate surface area is 135 Å². The van der Waals surface area contributed by atoms with Crippen LogP contribution in [0.25, 0.3) is 0 Å². The average Bonchev–Trinajstić information content (AvgIpc) is 2.43. The quantitative estimate of drug-likeness (QED) is 0.518. The van der Waals surface area contributed by atoms with Crippen LogP contribution in [0.5, 0.6) is 0 Å². The Balaban J connectivity index is 2.43. The number of halogens is 1. The molecule has 0 saturated heterocycles. The van der Waals surface area contributed by atoms with Crippen LogP contribution in [0, 0.1) is 0 Å². The maximum absolute atomic E-state index is 9.70. The molecule has 0 bridgehead atoms. The largest absolute Gasteiger partial charge is 0.394 e. The normalized spacial score (nSPS) is 14.5. The highest BCUT2D eigenvalue weighted by Crippen LogP contribution is 2.27. The van der Waals surface area contributed by atoms with Crippen LogP contribution in [0.15, 0.2) is 27.8 Å². The zero-order chi connectivity index (χ0) is 15.0. The molecular formula is C15H25BrN2OS. The molecule has 0 aliphatic heterocycles. The minimum Gasteiger partial charge on any atom is -0.394 e. The van der Waals surface area contributed by atoms with Gasteiger partial charge in [0.25, 0.3) is 0 Å². The van der Waals surface area contributed by atoms with Crippen molar-refractivity contribution in [1.29, 1.82) is 0 Å². The topological polar surface area (TPSA) is 45.2 Å². The molecule has 5 heteroatoms. The molecule has 0 spiro atoms. The maximum atomic E-state index is 9.70. The monoisotopic (exact) mass is 360 g/mol. The standard InChI is InChI=1S/C15H25BrN2OS/c1-4-15(11-19,18-12(2)3)8-6-10-20-14-13(16)7-5-9-17-14/h5,7,9,12,18-19H,4,6,8,10-11H2,1-3H3. The third-order valence-electron chi connectivity index (χ3n) is 3.34. The minimum absolute atomic E-state index is 0.143. The molecule has 1 atom stereocenters. The molecule has 0 aliphatic rings. The van der Waals surface area contributed by atoms with Gasteiger partial charge >= 0.3 is 0 Å². The van der Waals surface area contributed by atoms with E-state index in [0.717, 1.165) is 34.5 Å². The molecule has 0 saturated carbocycles. The summed E-state index contributed by atoms with van der Waals surface area (Å²) in [7, 11) is 0. The van der Waals surface area contributed by atoms with Gasteiger partial charge in [0.15, 0.2) is 0 Å². The fraction of sp³-hybridized carbons (Fsp3) is 0.667. The number of aliphatic hydroxyl groups is 1. The third kappa shape index (κ3) is 5.72. The lowest BCUT2D eigenvalue weighted by molar-refractivity contribution is 0.137. The Morgan fingerprint density at radius 3 is 2.80 bits per heavy atom. The third-order valence-corrected chi connectivity index (χ3v) is 5.33. The van der Waals surface area contributed by atoms with Gasteiger partial charge in [-0.2, -0.15) is 0 Å². The SMILES string of the molecule is CCC(CO)(CCCSc1ncccc1Br)NC(C)C. The summed E-state index contributed by atoms with van der Waals surface area (Å²) in [6.45, 7) is 6.58. The molecular weight excluding hydrogens is 336 g/mol. The van der Waals surface area contributed by atoms with Gasteiger partial charge in [-0.1, -0.05) is 20.8 Å². The highest BCUT2D eigenvalue weighted by Gasteiger charge is 2.27. The first-order valence-corrected chi connectivity index (χ1v) is 8.92. The van der Waals surface area contributed by atoms with Crippen LogP contribution in [0.3, 0.4) is 0 Å². The molecule has 114 valence electrons. The Morgan fingerprint density at radius 1 is 1.50 bits per heavy atom. The number of thioether (sulfide) groups is 1. The van der Waals surface area contributed by atoms with Crippen molar-refractivity contribution in [3.8, 4) is 0 Å². The fourth-order valence-electron chi connectivity index (χ4n) is 2.26. The van der Waals surface area contributed by atoms with E-state index in [1.807, 2.05) is 18.3 Å². The highest BCUT2D eigenvalue weighted by atomic mass is 79.9. The van der Waals surface area contributed by atoms with Gasteiger partial charge in [-0.25, -0.2) is 4.98 Å². The average molecular weight is 361 g/mol. The summed E-state index contributed by atoms with van der Waals surface area (Å²) in [5.41, 5.74) is -0.143. The lowest BCUT2D eigenvalue weighted by atomic mass is 9.91. The first-order valence-electron chi connectivity index (χ1n) is 7.15. The summed E-state index contributed by atoms with van der Waals surface area (Å²) in [4.78, 5) is 4.35. The molecule has 0 fully saturated rings. The van der Waals surface area contributed by atoms with Crippen molar-refractivity contribution >= 4 is 27.7 Å². The first kappa shape index (κ1) is 18.0. The Bertz CT molecular complexity index is 397. The Kier molecular flexibility index (Phi) is 8.10. The van der Waals surface area contributed by atoms with Crippen LogP contribution in [0.1, 0.15) is 40.0 Å². The van der Waals surface area contributed by atoms with Gasteiger partial charge in [0.1, 0.15) is 5.03 Å². The number of aromatic nitrogens is 1. The predicted octanol–water partition coefficient (Wildman–Crippen LogP) is 3.86. The molecule has 0 radical (unpaired) electrons. The van der Waals surface area contributed by atoms with E-state index in [-0.39, 0.29) is 12.1 Å². The van der Waals surface area contributed by atoms with Crippen molar-refractivity contribution in [2.45, 2.75) is 56.6 Å². The molecule has 1 heterocycles. The van der Waals surface area contributed by atoms with Gasteiger partial charge in [-0.05, 0) is 53.1 Å². The number of pyridine rings is 1. The van der Waals surface area contributed by atoms with Crippen LogP contribution < -0.4 is 5.32 Å². The molecule has 1 unspecified atom stereocenters. The smallest absolute Gasteiger partial charge is 0.110 e. The predicted molar refractivity (Wildman–Crippen MR) is 90.3 cm³/mol. The van der Waals surface area contributed by atoms with E-state index in [9.17, 15) is 5.11 Å². The van der Waals surface area contributed by atoms with Gasteiger partial charge < -0.3 is 10.4 Å². The lowest BCUT2D eigenvalue weighted by Gasteiger charge is -2.34. The van der Waals surface area contributed by atoms with Gasteiger partial charge in [0, 0.05) is 22.3 Å². The second-order valence-corrected chi connectivity index (χ2v) is 7.27. The van der Waals surface area contributed by atoms with Gasteiger partial charge in [0.2, 0.25) is 0 Å². The number of hydrogen-bond acceptors (Lipinski definition) is 4. The number of hydrogen-bond donors (Lipinski definition) is 2. The van der Waals surface area contributed by atoms with Crippen molar-refractivity contribution in [3.63, 3.8) is 0 Å². The molecule has 2 N–H and O–H groups in total. The second-order valence-electron chi connectivity index (χ2n) is 5.33. The molecule has 1 aromatic rings. The molecule has 0 aromatic carbocycles. The van der Waals surface area contributed by atoms with Crippen molar-refractivity contribution in [1.82, 2.24) is 10.3 Å². The van der Waals surface area contributed by atoms with Crippen LogP contribution in [-0.2, 0) is 0 Å². The summed E-state index contributed by atoms with van der Waals surface area (Å²) < 4.78 is 1.05. The lowest BCUT2D eigenvalue weighted by Crippen LogP contribution is -2.51. The number of nitrogens with zero attached hydrogens (tertiary/aromatic N) is 1. The van der Waals surface area contributed by atoms with Gasteiger partial charge in [0.05, 0.1) is 6.61 Å². The summed E-state index contributed by atoms with van der Waals surface area (Å²) in [6.07, 6.45) is 4.80. The van der Waals surface area contributed by atoms with Crippen molar-refractivity contribution in [2.75, 3.05) is 12.4 Å². The van der Waals surface area contributed by atoms with E-state index in [4.69, 9.17) is 0 Å². The number of aliphatic hydroxyl groups excluding tert-OH is 1. The van der Waals surface area contributed by atoms with E-state index in [1.165, 1.54) is 0 Å². The van der Waals surface area contributed by atoms with Crippen LogP contribution in [0.4, 0.5) is 0 Å². The highest BCUT2D eigenvalue weighted by molar-refractivity contribution is 9.10. The molecule has 0 amide bonds. The molecule has 1 rings (SSSR count). The number of nitrogens with one attached hydrogen (secondary N) is 1. The molecule has 3 nitrogen and oxygen atoms in total. The van der Waals surface area contributed by atoms with Crippen LogP contribution in [0.2, 0.25) is 0 Å². The molecule has 20 heavy (non-hydrogen) atoms. The van der Waals surface area contributed by atoms with Crippen LogP contribution in [-0.4, -0.2) is 34.0 Å². The zero-order valence-corrected chi connectivity index (χ0v) is 14.9. The summed E-state index contributed by atoms with van der Waals surface area (Å²) in [6, 6.07) is 4.33. The van der Waals surface area contributed by atoms with Gasteiger partial charge in [-0.3, -0.25) is 0 Å². The Hall–Kier alpha value is -0.100. The summed E-state index contributed by atoms with van der Waals surface area (Å²) in [5.74, 6) is 1.01. The van der Waals surface area contributed by atoms with Crippen molar-refractivity contribution in [2.24, 2.45) is 0 Å².